The molecule has 5 nitrogen and oxygen atoms in total. The molecule has 1 unspecified atom stereocenters. The average Bonchev–Trinajstić information content (AvgIpc) is 2.98. The van der Waals surface area contributed by atoms with Gasteiger partial charge in [-0.25, -0.2) is 0 Å². The minimum atomic E-state index is -0.793. The second-order valence-electron chi connectivity index (χ2n) is 9.27. The normalized spacial score (nSPS) is 27.8. The number of aliphatic carboxylic acids is 1. The minimum Gasteiger partial charge on any atom is -0.481 e. The van der Waals surface area contributed by atoms with Crippen LogP contribution in [0.25, 0.3) is 0 Å². The lowest BCUT2D eigenvalue weighted by Gasteiger charge is -2.41. The first-order chi connectivity index (χ1) is 14.4. The van der Waals surface area contributed by atoms with E-state index in [2.05, 4.69) is 6.92 Å². The minimum absolute atomic E-state index is 0.0273. The zero-order valence-corrected chi connectivity index (χ0v) is 18.5. The Labute approximate surface area is 181 Å². The van der Waals surface area contributed by atoms with Crippen LogP contribution >= 0.6 is 0 Å². The number of carboxylic acid groups (broad SMARTS) is 1. The van der Waals surface area contributed by atoms with Crippen LogP contribution < -0.4 is 0 Å². The monoisotopic (exact) mass is 420 g/mol. The fourth-order valence-corrected chi connectivity index (χ4v) is 5.38. The highest BCUT2D eigenvalue weighted by Crippen LogP contribution is 2.44. The number of carbonyl (C=O) groups is 2. The molecule has 0 radical (unpaired) electrons. The highest BCUT2D eigenvalue weighted by molar-refractivity contribution is 5.84. The van der Waals surface area contributed by atoms with E-state index < -0.39 is 12.1 Å². The number of hydrogen-bond acceptors (Lipinski definition) is 4. The van der Waals surface area contributed by atoms with Crippen molar-refractivity contribution in [2.24, 2.45) is 17.3 Å². The topological polar surface area (TPSA) is 94.8 Å². The first-order valence-electron chi connectivity index (χ1n) is 11.8. The number of aliphatic hydroxyl groups excluding tert-OH is 2. The van der Waals surface area contributed by atoms with Crippen LogP contribution in [0.2, 0.25) is 0 Å². The quantitative estimate of drug-likeness (QED) is 0.311. The summed E-state index contributed by atoms with van der Waals surface area (Å²) >= 11 is 0. The van der Waals surface area contributed by atoms with Crippen molar-refractivity contribution in [2.45, 2.75) is 103 Å². The Kier molecular flexibility index (Phi) is 10.3. The Morgan fingerprint density at radius 1 is 1.20 bits per heavy atom. The first kappa shape index (κ1) is 24.8. The summed E-state index contributed by atoms with van der Waals surface area (Å²) in [4.78, 5) is 22.9. The lowest BCUT2D eigenvalue weighted by molar-refractivity contribution is -0.137. The number of carbonyl (C=O) groups excluding carboxylic acids is 1. The van der Waals surface area contributed by atoms with E-state index in [1.165, 1.54) is 19.3 Å². The number of allylic oxidation sites excluding steroid dienone is 2. The number of carboxylic acids is 1. The second-order valence-corrected chi connectivity index (χ2v) is 9.27. The zero-order chi connectivity index (χ0) is 22.0. The summed E-state index contributed by atoms with van der Waals surface area (Å²) in [6, 6.07) is 0. The fraction of sp³-hybridized carbons (Fsp3) is 0.760. The van der Waals surface area contributed by atoms with E-state index in [-0.39, 0.29) is 42.0 Å². The van der Waals surface area contributed by atoms with E-state index in [0.29, 0.717) is 25.7 Å². The van der Waals surface area contributed by atoms with E-state index in [0.717, 1.165) is 25.7 Å². The Balaban J connectivity index is 1.90. The van der Waals surface area contributed by atoms with Crippen molar-refractivity contribution in [3.63, 3.8) is 0 Å². The molecule has 0 aliphatic heterocycles. The van der Waals surface area contributed by atoms with E-state index in [1.807, 2.05) is 24.3 Å². The molecule has 0 heterocycles. The number of Topliss-reactive ketones (excluding diaryl/α,β-unsaturated/α-hetero) is 1. The molecule has 2 saturated carbocycles. The van der Waals surface area contributed by atoms with Crippen LogP contribution in [0.15, 0.2) is 24.3 Å². The third-order valence-electron chi connectivity index (χ3n) is 7.07. The molecule has 2 aliphatic rings. The summed E-state index contributed by atoms with van der Waals surface area (Å²) < 4.78 is 0. The van der Waals surface area contributed by atoms with Crippen LogP contribution in [-0.4, -0.2) is 39.3 Å². The van der Waals surface area contributed by atoms with Crippen LogP contribution in [0.3, 0.4) is 0 Å². The second kappa shape index (κ2) is 12.4. The first-order valence-corrected chi connectivity index (χ1v) is 11.8. The molecule has 0 aromatic carbocycles. The Bertz CT molecular complexity index is 597. The molecule has 4 atom stereocenters. The summed E-state index contributed by atoms with van der Waals surface area (Å²) in [5.74, 6) is -1.15. The predicted molar refractivity (Wildman–Crippen MR) is 118 cm³/mol. The maximum Gasteiger partial charge on any atom is 0.303 e. The molecule has 0 aromatic rings. The SMILES string of the molecule is CCCC1(C(O)CC=C[C@H]2[C@H](O)CC(=O)[C@@H]2CC=CCCCC(=O)O)CCCCC1. The summed E-state index contributed by atoms with van der Waals surface area (Å²) in [6.07, 6.45) is 17.5. The van der Waals surface area contributed by atoms with E-state index in [4.69, 9.17) is 5.11 Å². The lowest BCUT2D eigenvalue weighted by Crippen LogP contribution is -2.37. The van der Waals surface area contributed by atoms with Crippen LogP contribution in [0.5, 0.6) is 0 Å². The van der Waals surface area contributed by atoms with Gasteiger partial charge in [-0.1, -0.05) is 56.9 Å². The van der Waals surface area contributed by atoms with E-state index >= 15 is 0 Å². The third kappa shape index (κ3) is 7.05. The number of hydrogen-bond donors (Lipinski definition) is 3. The molecule has 0 aromatic heterocycles. The highest BCUT2D eigenvalue weighted by Gasteiger charge is 2.40. The molecule has 0 bridgehead atoms. The van der Waals surface area contributed by atoms with Gasteiger partial charge in [0.25, 0.3) is 0 Å². The Morgan fingerprint density at radius 3 is 2.60 bits per heavy atom. The lowest BCUT2D eigenvalue weighted by atomic mass is 9.67. The number of aliphatic hydroxyl groups is 2. The van der Waals surface area contributed by atoms with Crippen molar-refractivity contribution >= 4 is 11.8 Å². The molecule has 2 fully saturated rings. The number of unbranched alkanes of at least 4 members (excludes halogenated alkanes) is 1. The van der Waals surface area contributed by atoms with Gasteiger partial charge in [-0.15, -0.1) is 0 Å². The maximum atomic E-state index is 12.3. The number of ketones is 1. The van der Waals surface area contributed by atoms with Crippen molar-refractivity contribution in [1.29, 1.82) is 0 Å². The van der Waals surface area contributed by atoms with E-state index in [1.54, 1.807) is 0 Å². The van der Waals surface area contributed by atoms with Gasteiger partial charge in [0, 0.05) is 24.7 Å². The van der Waals surface area contributed by atoms with E-state index in [9.17, 15) is 19.8 Å². The summed E-state index contributed by atoms with van der Waals surface area (Å²) in [5, 5.41) is 30.0. The Morgan fingerprint density at radius 2 is 1.93 bits per heavy atom. The highest BCUT2D eigenvalue weighted by atomic mass is 16.4. The van der Waals surface area contributed by atoms with Crippen molar-refractivity contribution in [3.05, 3.63) is 24.3 Å². The molecule has 170 valence electrons. The molecule has 2 rings (SSSR count). The van der Waals surface area contributed by atoms with Gasteiger partial charge in [-0.05, 0) is 50.4 Å². The van der Waals surface area contributed by atoms with Gasteiger partial charge in [0.2, 0.25) is 0 Å². The summed E-state index contributed by atoms with van der Waals surface area (Å²) in [6.45, 7) is 2.18. The van der Waals surface area contributed by atoms with Crippen LogP contribution in [0.4, 0.5) is 0 Å². The predicted octanol–water partition coefficient (Wildman–Crippen LogP) is 4.81. The van der Waals surface area contributed by atoms with Crippen molar-refractivity contribution in [1.82, 2.24) is 0 Å². The van der Waals surface area contributed by atoms with Crippen molar-refractivity contribution < 1.29 is 24.9 Å². The van der Waals surface area contributed by atoms with Crippen LogP contribution in [0, 0.1) is 17.3 Å². The van der Waals surface area contributed by atoms with Gasteiger partial charge >= 0.3 is 5.97 Å². The average molecular weight is 421 g/mol. The molecule has 0 amide bonds. The zero-order valence-electron chi connectivity index (χ0n) is 18.5. The van der Waals surface area contributed by atoms with Gasteiger partial charge < -0.3 is 15.3 Å². The molecule has 0 spiro atoms. The summed E-state index contributed by atoms with van der Waals surface area (Å²) in [5.41, 5.74) is 0.0273. The van der Waals surface area contributed by atoms with Crippen LogP contribution in [-0.2, 0) is 9.59 Å². The fourth-order valence-electron chi connectivity index (χ4n) is 5.38. The summed E-state index contributed by atoms with van der Waals surface area (Å²) in [7, 11) is 0. The molecular weight excluding hydrogens is 380 g/mol. The molecular formula is C25H40O5. The Hall–Kier alpha value is -1.46. The van der Waals surface area contributed by atoms with Crippen molar-refractivity contribution in [2.75, 3.05) is 0 Å². The maximum absolute atomic E-state index is 12.3. The third-order valence-corrected chi connectivity index (χ3v) is 7.07. The smallest absolute Gasteiger partial charge is 0.303 e. The standard InChI is InChI=1S/C25H40O5/c1-2-15-25(16-8-5-9-17-25)23(28)13-10-12-20-19(21(26)18-22(20)27)11-6-3-4-7-14-24(29)30/h3,6,10,12,19-20,22-23,27-28H,2,4-5,7-9,11,13-18H2,1H3,(H,29,30)/t19-,20-,22-,23?/m1/s1. The van der Waals surface area contributed by atoms with Gasteiger partial charge in [0.1, 0.15) is 5.78 Å². The van der Waals surface area contributed by atoms with Crippen LogP contribution in [0.1, 0.15) is 90.4 Å². The van der Waals surface area contributed by atoms with Gasteiger partial charge in [0.15, 0.2) is 0 Å². The molecule has 5 heteroatoms. The van der Waals surface area contributed by atoms with Crippen molar-refractivity contribution in [3.8, 4) is 0 Å². The van der Waals surface area contributed by atoms with Gasteiger partial charge in [-0.2, -0.15) is 0 Å². The molecule has 2 aliphatic carbocycles. The van der Waals surface area contributed by atoms with Gasteiger partial charge in [-0.3, -0.25) is 9.59 Å². The van der Waals surface area contributed by atoms with Gasteiger partial charge in [0.05, 0.1) is 12.2 Å². The molecule has 3 N–H and O–H groups in total. The molecule has 30 heavy (non-hydrogen) atoms. The number of rotatable bonds is 12. The molecule has 0 saturated heterocycles. The largest absolute Gasteiger partial charge is 0.481 e.